The molecular formula is C22H29N3O2. The fraction of sp³-hybridized carbons (Fsp3) is 0.409. The Balaban J connectivity index is 2.07. The van der Waals surface area contributed by atoms with Crippen molar-refractivity contribution >= 4 is 17.6 Å². The van der Waals surface area contributed by atoms with Gasteiger partial charge in [-0.2, -0.15) is 0 Å². The third-order valence-electron chi connectivity index (χ3n) is 4.26. The van der Waals surface area contributed by atoms with E-state index in [0.29, 0.717) is 30.1 Å². The Kier molecular flexibility index (Phi) is 7.11. The van der Waals surface area contributed by atoms with Gasteiger partial charge in [0, 0.05) is 30.8 Å². The first-order valence-electron chi connectivity index (χ1n) is 9.36. The highest BCUT2D eigenvalue weighted by Crippen LogP contribution is 2.17. The van der Waals surface area contributed by atoms with Gasteiger partial charge < -0.3 is 5.32 Å². The van der Waals surface area contributed by atoms with Crippen molar-refractivity contribution in [1.29, 1.82) is 0 Å². The lowest BCUT2D eigenvalue weighted by Crippen LogP contribution is -2.34. The van der Waals surface area contributed by atoms with Gasteiger partial charge in [-0.1, -0.05) is 32.0 Å². The first kappa shape index (κ1) is 20.6. The van der Waals surface area contributed by atoms with Gasteiger partial charge in [-0.25, -0.2) is 4.98 Å². The van der Waals surface area contributed by atoms with Gasteiger partial charge in [0.15, 0.2) is 0 Å². The monoisotopic (exact) mass is 367 g/mol. The number of nitrogens with zero attached hydrogens (tertiary/aromatic N) is 2. The molecular weight excluding hydrogens is 338 g/mol. The molecule has 0 fully saturated rings. The predicted molar refractivity (Wildman–Crippen MR) is 109 cm³/mol. The number of carbonyl (C=O) groups excluding carboxylic acids is 2. The van der Waals surface area contributed by atoms with Crippen LogP contribution in [0.5, 0.6) is 0 Å². The third kappa shape index (κ3) is 6.20. The molecule has 2 amide bonds. The molecule has 0 bridgehead atoms. The fourth-order valence-electron chi connectivity index (χ4n) is 2.93. The highest BCUT2D eigenvalue weighted by Gasteiger charge is 2.16. The molecule has 0 saturated heterocycles. The van der Waals surface area contributed by atoms with Gasteiger partial charge in [-0.05, 0) is 56.0 Å². The van der Waals surface area contributed by atoms with Gasteiger partial charge in [0.25, 0.3) is 5.91 Å². The van der Waals surface area contributed by atoms with Crippen LogP contribution in [0.3, 0.4) is 0 Å². The lowest BCUT2D eigenvalue weighted by Gasteiger charge is -2.20. The van der Waals surface area contributed by atoms with Gasteiger partial charge in [-0.15, -0.1) is 0 Å². The molecule has 5 heteroatoms. The van der Waals surface area contributed by atoms with Crippen LogP contribution in [0.4, 0.5) is 5.82 Å². The lowest BCUT2D eigenvalue weighted by atomic mass is 10.1. The summed E-state index contributed by atoms with van der Waals surface area (Å²) in [7, 11) is 1.76. The SMILES string of the molecule is Cc1cc(CC(C)NC(=O)c2ccccc2)cc(N(C)C(=O)CC(C)C)n1. The Morgan fingerprint density at radius 3 is 2.41 bits per heavy atom. The van der Waals surface area contributed by atoms with Crippen LogP contribution in [-0.2, 0) is 11.2 Å². The Morgan fingerprint density at radius 2 is 1.78 bits per heavy atom. The average molecular weight is 367 g/mol. The van der Waals surface area contributed by atoms with Crippen molar-refractivity contribution in [3.8, 4) is 0 Å². The van der Waals surface area contributed by atoms with Gasteiger partial charge in [0.05, 0.1) is 0 Å². The number of carbonyl (C=O) groups is 2. The van der Waals surface area contributed by atoms with Crippen molar-refractivity contribution in [2.24, 2.45) is 5.92 Å². The van der Waals surface area contributed by atoms with Crippen LogP contribution in [0.25, 0.3) is 0 Å². The van der Waals surface area contributed by atoms with Crippen molar-refractivity contribution in [2.75, 3.05) is 11.9 Å². The highest BCUT2D eigenvalue weighted by atomic mass is 16.2. The fourth-order valence-corrected chi connectivity index (χ4v) is 2.93. The smallest absolute Gasteiger partial charge is 0.251 e. The van der Waals surface area contributed by atoms with Crippen LogP contribution in [0.1, 0.15) is 48.8 Å². The molecule has 1 unspecified atom stereocenters. The number of pyridine rings is 1. The summed E-state index contributed by atoms with van der Waals surface area (Å²) in [5.41, 5.74) is 2.55. The molecule has 2 aromatic rings. The molecule has 0 aliphatic rings. The van der Waals surface area contributed by atoms with Crippen molar-refractivity contribution in [3.63, 3.8) is 0 Å². The summed E-state index contributed by atoms with van der Waals surface area (Å²) in [5.74, 6) is 0.924. The van der Waals surface area contributed by atoms with E-state index in [4.69, 9.17) is 0 Å². The van der Waals surface area contributed by atoms with Crippen LogP contribution < -0.4 is 10.2 Å². The molecule has 0 spiro atoms. The molecule has 1 atom stereocenters. The molecule has 2 rings (SSSR count). The Bertz CT molecular complexity index is 787. The molecule has 27 heavy (non-hydrogen) atoms. The van der Waals surface area contributed by atoms with Crippen LogP contribution >= 0.6 is 0 Å². The Morgan fingerprint density at radius 1 is 1.11 bits per heavy atom. The molecule has 0 aliphatic heterocycles. The number of hydrogen-bond donors (Lipinski definition) is 1. The summed E-state index contributed by atoms with van der Waals surface area (Å²) in [5, 5.41) is 3.02. The van der Waals surface area contributed by atoms with Crippen molar-refractivity contribution < 1.29 is 9.59 Å². The topological polar surface area (TPSA) is 62.3 Å². The molecule has 0 saturated carbocycles. The van der Waals surface area contributed by atoms with E-state index in [1.807, 2.05) is 58.0 Å². The number of aromatic nitrogens is 1. The van der Waals surface area contributed by atoms with Crippen LogP contribution in [0, 0.1) is 12.8 Å². The summed E-state index contributed by atoms with van der Waals surface area (Å²) >= 11 is 0. The summed E-state index contributed by atoms with van der Waals surface area (Å²) in [4.78, 5) is 30.7. The van der Waals surface area contributed by atoms with E-state index in [9.17, 15) is 9.59 Å². The summed E-state index contributed by atoms with van der Waals surface area (Å²) in [6.07, 6.45) is 1.16. The Labute approximate surface area is 161 Å². The maximum Gasteiger partial charge on any atom is 0.251 e. The van der Waals surface area contributed by atoms with E-state index in [1.54, 1.807) is 24.1 Å². The lowest BCUT2D eigenvalue weighted by molar-refractivity contribution is -0.119. The number of nitrogens with one attached hydrogen (secondary N) is 1. The van der Waals surface area contributed by atoms with E-state index in [-0.39, 0.29) is 17.9 Å². The predicted octanol–water partition coefficient (Wildman–Crippen LogP) is 3.76. The molecule has 144 valence electrons. The normalized spacial score (nSPS) is 11.9. The minimum Gasteiger partial charge on any atom is -0.349 e. The second kappa shape index (κ2) is 9.31. The van der Waals surface area contributed by atoms with Crippen LogP contribution in [0.2, 0.25) is 0 Å². The zero-order chi connectivity index (χ0) is 20.0. The number of rotatable bonds is 7. The Hall–Kier alpha value is -2.69. The summed E-state index contributed by atoms with van der Waals surface area (Å²) < 4.78 is 0. The first-order valence-corrected chi connectivity index (χ1v) is 9.36. The summed E-state index contributed by atoms with van der Waals surface area (Å²) in [6, 6.07) is 13.1. The molecule has 1 heterocycles. The zero-order valence-corrected chi connectivity index (χ0v) is 16.8. The number of hydrogen-bond acceptors (Lipinski definition) is 3. The van der Waals surface area contributed by atoms with Gasteiger partial charge in [0.1, 0.15) is 5.82 Å². The maximum atomic E-state index is 12.3. The van der Waals surface area contributed by atoms with E-state index in [2.05, 4.69) is 10.3 Å². The van der Waals surface area contributed by atoms with E-state index in [0.717, 1.165) is 11.3 Å². The molecule has 0 radical (unpaired) electrons. The van der Waals surface area contributed by atoms with Crippen LogP contribution in [-0.4, -0.2) is 29.9 Å². The number of anilines is 1. The number of benzene rings is 1. The minimum absolute atomic E-state index is 0.0379. The largest absolute Gasteiger partial charge is 0.349 e. The number of amides is 2. The molecule has 1 N–H and O–H groups in total. The van der Waals surface area contributed by atoms with E-state index >= 15 is 0 Å². The second-order valence-corrected chi connectivity index (χ2v) is 7.47. The van der Waals surface area contributed by atoms with Crippen molar-refractivity contribution in [1.82, 2.24) is 10.3 Å². The number of aryl methyl sites for hydroxylation is 1. The standard InChI is InChI=1S/C22H29N3O2/c1-15(2)11-21(26)25(5)20-14-18(12-16(3)23-20)13-17(4)24-22(27)19-9-7-6-8-10-19/h6-10,12,14-15,17H,11,13H2,1-5H3,(H,24,27). The molecule has 5 nitrogen and oxygen atoms in total. The van der Waals surface area contributed by atoms with Crippen LogP contribution in [0.15, 0.2) is 42.5 Å². The zero-order valence-electron chi connectivity index (χ0n) is 16.8. The average Bonchev–Trinajstić information content (AvgIpc) is 2.60. The summed E-state index contributed by atoms with van der Waals surface area (Å²) in [6.45, 7) is 7.95. The van der Waals surface area contributed by atoms with Crippen molar-refractivity contribution in [3.05, 3.63) is 59.3 Å². The molecule has 1 aromatic carbocycles. The van der Waals surface area contributed by atoms with Gasteiger partial charge in [-0.3, -0.25) is 14.5 Å². The third-order valence-corrected chi connectivity index (χ3v) is 4.26. The minimum atomic E-state index is -0.0849. The molecule has 1 aromatic heterocycles. The van der Waals surface area contributed by atoms with Crippen molar-refractivity contribution in [2.45, 2.75) is 46.6 Å². The van der Waals surface area contributed by atoms with E-state index < -0.39 is 0 Å². The quantitative estimate of drug-likeness (QED) is 0.810. The first-order chi connectivity index (χ1) is 12.8. The maximum absolute atomic E-state index is 12.3. The second-order valence-electron chi connectivity index (χ2n) is 7.47. The molecule has 0 aliphatic carbocycles. The van der Waals surface area contributed by atoms with Gasteiger partial charge in [0.2, 0.25) is 5.91 Å². The van der Waals surface area contributed by atoms with E-state index in [1.165, 1.54) is 0 Å². The highest BCUT2D eigenvalue weighted by molar-refractivity contribution is 5.94. The van der Waals surface area contributed by atoms with Gasteiger partial charge >= 0.3 is 0 Å².